The van der Waals surface area contributed by atoms with Gasteiger partial charge in [-0.25, -0.2) is 18.0 Å². The van der Waals surface area contributed by atoms with Crippen molar-refractivity contribution >= 4 is 22.2 Å². The number of benzene rings is 5. The van der Waals surface area contributed by atoms with E-state index in [0.29, 0.717) is 78.5 Å². The van der Waals surface area contributed by atoms with Crippen LogP contribution in [0.2, 0.25) is 0 Å². The molecule has 5 aromatic rings. The number of amides is 2. The molecule has 6 heterocycles. The number of aryl methyl sites for hydroxylation is 1. The fourth-order valence-electron chi connectivity index (χ4n) is 10.9. The average molecular weight is 1230 g/mol. The molecule has 6 saturated heterocycles. The Bertz CT molecular complexity index is 2960. The summed E-state index contributed by atoms with van der Waals surface area (Å²) in [6.45, 7) is 6.25. The second-order valence-electron chi connectivity index (χ2n) is 22.2. The summed E-state index contributed by atoms with van der Waals surface area (Å²) >= 11 is 0. The molecule has 0 aromatic heterocycles. The summed E-state index contributed by atoms with van der Waals surface area (Å²) in [5.41, 5.74) is 7.10. The molecule has 0 radical (unpaired) electrons. The third-order valence-electron chi connectivity index (χ3n) is 15.7. The Hall–Kier alpha value is -6.29. The Labute approximate surface area is 508 Å². The van der Waals surface area contributed by atoms with Gasteiger partial charge >= 0.3 is 12.2 Å². The lowest BCUT2D eigenvalue weighted by molar-refractivity contribution is -0.170. The van der Waals surface area contributed by atoms with E-state index < -0.39 is 71.5 Å². The molecule has 472 valence electrons. The number of alkyl carbamates (subject to hydrolysis) is 2. The van der Waals surface area contributed by atoms with E-state index in [0.717, 1.165) is 46.7 Å². The number of aromatic hydroxyl groups is 1. The predicted octanol–water partition coefficient (Wildman–Crippen LogP) is 6.67. The van der Waals surface area contributed by atoms with Gasteiger partial charge in [-0.05, 0) is 111 Å². The van der Waals surface area contributed by atoms with Crippen molar-refractivity contribution in [2.24, 2.45) is 11.8 Å². The van der Waals surface area contributed by atoms with Gasteiger partial charge in [0, 0.05) is 33.0 Å². The van der Waals surface area contributed by atoms with E-state index in [-0.39, 0.29) is 60.6 Å². The zero-order valence-corrected chi connectivity index (χ0v) is 49.8. The first-order chi connectivity index (χ1) is 42.3. The van der Waals surface area contributed by atoms with Gasteiger partial charge in [-0.15, -0.1) is 0 Å². The van der Waals surface area contributed by atoms with Crippen LogP contribution >= 0.6 is 0 Å². The summed E-state index contributed by atoms with van der Waals surface area (Å²) in [5.74, 6) is 0.709. The Morgan fingerprint density at radius 2 is 1.11 bits per heavy atom. The molecule has 0 unspecified atom stereocenters. The number of rotatable bonds is 23. The van der Waals surface area contributed by atoms with E-state index in [1.54, 1.807) is 0 Å². The highest BCUT2D eigenvalue weighted by Crippen LogP contribution is 2.34. The first-order valence-electron chi connectivity index (χ1n) is 29.9. The molecule has 0 bridgehead atoms. The van der Waals surface area contributed by atoms with Crippen LogP contribution in [-0.4, -0.2) is 168 Å². The van der Waals surface area contributed by atoms with Crippen molar-refractivity contribution in [1.82, 2.24) is 20.6 Å². The summed E-state index contributed by atoms with van der Waals surface area (Å²) in [6.07, 6.45) is -0.712. The molecule has 10 atom stereocenters. The van der Waals surface area contributed by atoms with E-state index in [4.69, 9.17) is 52.3 Å². The van der Waals surface area contributed by atoms with E-state index in [9.17, 15) is 33.3 Å². The molecule has 5 aromatic carbocycles. The summed E-state index contributed by atoms with van der Waals surface area (Å²) in [6, 6.07) is 41.0. The number of hydroxylamine groups is 2. The minimum absolute atomic E-state index is 0.0611. The Balaban J connectivity index is 0.000000172. The fourth-order valence-corrected chi connectivity index (χ4v) is 12.2. The van der Waals surface area contributed by atoms with Crippen LogP contribution in [-0.2, 0) is 77.0 Å². The van der Waals surface area contributed by atoms with Crippen LogP contribution in [0.3, 0.4) is 0 Å². The lowest BCUT2D eigenvalue weighted by Crippen LogP contribution is -2.52. The third-order valence-corrected chi connectivity index (χ3v) is 17.3. The highest BCUT2D eigenvalue weighted by molar-refractivity contribution is 7.89. The van der Waals surface area contributed by atoms with Crippen molar-refractivity contribution in [2.45, 2.75) is 131 Å². The number of phenols is 1. The van der Waals surface area contributed by atoms with Crippen LogP contribution < -0.4 is 20.9 Å². The number of nitrogens with zero attached hydrogens (tertiary/aromatic N) is 1. The SMILES string of the molecule is Cc1cccc(OCc2ccccc2)c1.O=C(N[C@@H](Cc1ccccc1)[C@H](O)CN(OC1CCOCC1)S(=O)(=O)c1cccc(O)c1)O[C@H]1CO[C@H]2OCC[C@H]21.O=C(N[C@@H](Cc1ccccc1)[C@H](O)CNOC1CCOCC1)O[C@H]1CO[C@H]2OCC[C@H]21. The van der Waals surface area contributed by atoms with E-state index in [1.165, 1.54) is 29.3 Å². The van der Waals surface area contributed by atoms with Crippen LogP contribution in [0.1, 0.15) is 60.8 Å². The molecule has 6 aliphatic rings. The topological polar surface area (TPSA) is 270 Å². The predicted molar refractivity (Wildman–Crippen MR) is 316 cm³/mol. The number of phenolic OH excluding ortho intramolecular Hbond substituents is 1. The van der Waals surface area contributed by atoms with Crippen LogP contribution in [0.25, 0.3) is 0 Å². The van der Waals surface area contributed by atoms with Gasteiger partial charge in [-0.3, -0.25) is 9.68 Å². The second kappa shape index (κ2) is 33.3. The second-order valence-corrected chi connectivity index (χ2v) is 24.1. The fraction of sp³-hybridized carbons (Fsp3) is 0.500. The van der Waals surface area contributed by atoms with Gasteiger partial charge < -0.3 is 68.6 Å². The first-order valence-corrected chi connectivity index (χ1v) is 31.4. The maximum atomic E-state index is 13.6. The summed E-state index contributed by atoms with van der Waals surface area (Å²) in [5, 5.41) is 37.7. The molecule has 0 saturated carbocycles. The smallest absolute Gasteiger partial charge is 0.407 e. The zero-order valence-electron chi connectivity index (χ0n) is 49.0. The van der Waals surface area contributed by atoms with Crippen molar-refractivity contribution in [1.29, 1.82) is 0 Å². The molecule has 0 aliphatic carbocycles. The number of carbonyl (C=O) groups is 2. The van der Waals surface area contributed by atoms with Gasteiger partial charge in [-0.1, -0.05) is 114 Å². The molecule has 2 amide bonds. The minimum Gasteiger partial charge on any atom is -0.508 e. The number of aliphatic hydroxyl groups is 2. The summed E-state index contributed by atoms with van der Waals surface area (Å²) < 4.78 is 77.7. The number of hydrogen-bond donors (Lipinski definition) is 6. The van der Waals surface area contributed by atoms with Crippen LogP contribution in [0.5, 0.6) is 11.5 Å². The van der Waals surface area contributed by atoms with E-state index >= 15 is 0 Å². The highest BCUT2D eigenvalue weighted by atomic mass is 32.2. The lowest BCUT2D eigenvalue weighted by Gasteiger charge is -2.32. The quantitative estimate of drug-likeness (QED) is 0.0373. The normalized spacial score (nSPS) is 23.3. The number of carbonyl (C=O) groups excluding carboxylic acids is 2. The monoisotopic (exact) mass is 1230 g/mol. The maximum absolute atomic E-state index is 13.6. The number of ether oxygens (including phenoxy) is 9. The molecule has 6 N–H and O–H groups in total. The van der Waals surface area contributed by atoms with Crippen molar-refractivity contribution in [3.05, 3.63) is 162 Å². The first kappa shape index (κ1) is 65.2. The van der Waals surface area contributed by atoms with Crippen LogP contribution in [0, 0.1) is 18.8 Å². The summed E-state index contributed by atoms with van der Waals surface area (Å²) in [4.78, 5) is 37.0. The molecule has 11 rings (SSSR count). The van der Waals surface area contributed by atoms with Gasteiger partial charge in [0.05, 0.1) is 86.2 Å². The van der Waals surface area contributed by atoms with Crippen molar-refractivity contribution in [2.75, 3.05) is 65.9 Å². The van der Waals surface area contributed by atoms with Gasteiger partial charge in [-0.2, -0.15) is 5.48 Å². The zero-order chi connectivity index (χ0) is 60.8. The Kier molecular flexibility index (Phi) is 25.0. The number of nitrogens with one attached hydrogen (secondary N) is 3. The minimum atomic E-state index is -4.31. The standard InChI is InChI=1S/C28H36N2O10S.C22H32N2O7.C14H14O/c31-20-7-4-8-22(16-20)41(34,35)30(40-21-9-12-36-13-10-21)17-25(32)24(15-19-5-2-1-3-6-19)29-28(33)39-26-18-38-27-23(26)11-14-37-27;25-19(13-23-31-16-6-9-27-10-7-16)18(12-15-4-2-1-3-5-15)24-22(26)30-20-14-29-21-17(20)8-11-28-21;1-12-6-5-9-14(10-12)15-11-13-7-3-2-4-8-13/h1-8,16,21,23-27,31-32H,9-15,17-18H2,(H,29,33);1-5,16-21,23,25H,6-14H2,(H,24,26);2-10H,11H2,1H3/t23-,24-,25+,26-,27+;17-,18-,19+,20-,21+;/m00./s1. The Morgan fingerprint density at radius 1 is 0.598 bits per heavy atom. The molecule has 6 aliphatic heterocycles. The molecule has 0 spiro atoms. The van der Waals surface area contributed by atoms with E-state index in [1.807, 2.05) is 97.1 Å². The number of hydrogen-bond acceptors (Lipinski definition) is 19. The van der Waals surface area contributed by atoms with Crippen molar-refractivity contribution < 1.29 is 85.6 Å². The molecular formula is C64H82N4O18S. The van der Waals surface area contributed by atoms with Crippen LogP contribution in [0.15, 0.2) is 144 Å². The molecular weight excluding hydrogens is 1140 g/mol. The highest BCUT2D eigenvalue weighted by Gasteiger charge is 2.46. The average Bonchev–Trinajstić information content (AvgIpc) is 3.12. The van der Waals surface area contributed by atoms with Gasteiger partial charge in [0.1, 0.15) is 30.3 Å². The van der Waals surface area contributed by atoms with Crippen molar-refractivity contribution in [3.63, 3.8) is 0 Å². The van der Waals surface area contributed by atoms with Gasteiger partial charge in [0.25, 0.3) is 10.0 Å². The number of sulfonamides is 1. The molecule has 22 nitrogen and oxygen atoms in total. The van der Waals surface area contributed by atoms with Crippen molar-refractivity contribution in [3.8, 4) is 11.5 Å². The van der Waals surface area contributed by atoms with Gasteiger partial charge in [0.2, 0.25) is 0 Å². The number of aliphatic hydroxyl groups excluding tert-OH is 2. The molecule has 6 fully saturated rings. The van der Waals surface area contributed by atoms with E-state index in [2.05, 4.69) is 41.2 Å². The van der Waals surface area contributed by atoms with Gasteiger partial charge in [0.15, 0.2) is 12.6 Å². The summed E-state index contributed by atoms with van der Waals surface area (Å²) in [7, 11) is -4.31. The lowest BCUT2D eigenvalue weighted by atomic mass is 10.0. The molecule has 23 heteroatoms. The molecule has 87 heavy (non-hydrogen) atoms. The Morgan fingerprint density at radius 3 is 1.66 bits per heavy atom. The van der Waals surface area contributed by atoms with Crippen LogP contribution in [0.4, 0.5) is 9.59 Å². The maximum Gasteiger partial charge on any atom is 0.407 e. The third kappa shape index (κ3) is 20.1. The number of fused-ring (bicyclic) bond motifs is 2. The largest absolute Gasteiger partial charge is 0.508 e.